The van der Waals surface area contributed by atoms with Crippen LogP contribution in [0.1, 0.15) is 5.56 Å². The molecule has 0 saturated heterocycles. The summed E-state index contributed by atoms with van der Waals surface area (Å²) < 4.78 is 5.70. The second-order valence-corrected chi connectivity index (χ2v) is 4.55. The third-order valence-electron chi connectivity index (χ3n) is 2.37. The van der Waals surface area contributed by atoms with E-state index in [0.717, 1.165) is 11.8 Å². The van der Waals surface area contributed by atoms with Crippen molar-refractivity contribution >= 4 is 29.5 Å². The summed E-state index contributed by atoms with van der Waals surface area (Å²) in [7, 11) is 0. The highest BCUT2D eigenvalue weighted by Crippen LogP contribution is 2.28. The van der Waals surface area contributed by atoms with Crippen LogP contribution in [0.5, 0.6) is 11.5 Å². The van der Waals surface area contributed by atoms with Gasteiger partial charge in [0, 0.05) is 22.0 Å². The largest absolute Gasteiger partial charge is 0.457 e. The molecule has 0 heterocycles. The summed E-state index contributed by atoms with van der Waals surface area (Å²) in [4.78, 5) is 10.6. The predicted molar refractivity (Wildman–Crippen MR) is 72.7 cm³/mol. The molecule has 0 aliphatic heterocycles. The van der Waals surface area contributed by atoms with Gasteiger partial charge in [-0.25, -0.2) is 0 Å². The molecule has 18 heavy (non-hydrogen) atoms. The molecule has 0 aliphatic rings. The van der Waals surface area contributed by atoms with Crippen molar-refractivity contribution in [3.8, 4) is 11.5 Å². The smallest absolute Gasteiger partial charge is 0.131 e. The summed E-state index contributed by atoms with van der Waals surface area (Å²) in [5, 5.41) is 1.22. The lowest BCUT2D eigenvalue weighted by Crippen LogP contribution is -1.93. The van der Waals surface area contributed by atoms with Crippen LogP contribution >= 0.6 is 23.2 Å². The van der Waals surface area contributed by atoms with Crippen LogP contribution in [0.3, 0.4) is 0 Å². The maximum atomic E-state index is 10.6. The molecule has 4 heteroatoms. The van der Waals surface area contributed by atoms with Crippen LogP contribution in [-0.4, -0.2) is 6.29 Å². The summed E-state index contributed by atoms with van der Waals surface area (Å²) >= 11 is 11.7. The molecule has 0 radical (unpaired) electrons. The summed E-state index contributed by atoms with van der Waals surface area (Å²) in [5.74, 6) is 1.28. The molecule has 0 amide bonds. The number of halogens is 2. The number of hydrogen-bond donors (Lipinski definition) is 0. The van der Waals surface area contributed by atoms with Gasteiger partial charge in [0.15, 0.2) is 0 Å². The second kappa shape index (κ2) is 5.89. The van der Waals surface area contributed by atoms with Crippen LogP contribution < -0.4 is 4.74 Å². The monoisotopic (exact) mass is 280 g/mol. The van der Waals surface area contributed by atoms with E-state index in [1.54, 1.807) is 42.5 Å². The fourth-order valence-electron chi connectivity index (χ4n) is 1.53. The Morgan fingerprint density at radius 2 is 1.67 bits per heavy atom. The van der Waals surface area contributed by atoms with E-state index in [1.165, 1.54) is 0 Å². The topological polar surface area (TPSA) is 26.3 Å². The van der Waals surface area contributed by atoms with E-state index < -0.39 is 0 Å². The Labute approximate surface area is 115 Å². The van der Waals surface area contributed by atoms with E-state index in [2.05, 4.69) is 0 Å². The van der Waals surface area contributed by atoms with Gasteiger partial charge in [-0.3, -0.25) is 0 Å². The molecule has 2 aromatic rings. The molecule has 0 atom stereocenters. The van der Waals surface area contributed by atoms with Gasteiger partial charge in [-0.15, -0.1) is 0 Å². The first-order valence-corrected chi connectivity index (χ1v) is 6.10. The Bertz CT molecular complexity index is 550. The van der Waals surface area contributed by atoms with E-state index in [4.69, 9.17) is 27.9 Å². The molecule has 0 saturated carbocycles. The lowest BCUT2D eigenvalue weighted by Gasteiger charge is -2.10. The van der Waals surface area contributed by atoms with Gasteiger partial charge < -0.3 is 9.53 Å². The zero-order valence-corrected chi connectivity index (χ0v) is 10.9. The van der Waals surface area contributed by atoms with Gasteiger partial charge in [-0.2, -0.15) is 0 Å². The average molecular weight is 281 g/mol. The van der Waals surface area contributed by atoms with Crippen molar-refractivity contribution in [1.82, 2.24) is 0 Å². The standard InChI is InChI=1S/C14H10Cl2O2/c15-11-1-4-13(5-2-11)18-14-6-3-12(16)9-10(14)7-8-17/h1-6,8-9H,7H2. The molecular formula is C14H10Cl2O2. The number of benzene rings is 2. The molecule has 2 aromatic carbocycles. The zero-order chi connectivity index (χ0) is 13.0. The quantitative estimate of drug-likeness (QED) is 0.770. The Morgan fingerprint density at radius 3 is 2.33 bits per heavy atom. The Balaban J connectivity index is 2.27. The highest BCUT2D eigenvalue weighted by atomic mass is 35.5. The molecule has 0 aliphatic carbocycles. The minimum atomic E-state index is 0.267. The van der Waals surface area contributed by atoms with Crippen LogP contribution in [0.4, 0.5) is 0 Å². The Morgan fingerprint density at radius 1 is 1.00 bits per heavy atom. The molecule has 0 bridgehead atoms. The maximum absolute atomic E-state index is 10.6. The van der Waals surface area contributed by atoms with E-state index in [-0.39, 0.29) is 6.42 Å². The van der Waals surface area contributed by atoms with Gasteiger partial charge >= 0.3 is 0 Å². The lowest BCUT2D eigenvalue weighted by molar-refractivity contribution is -0.107. The fourth-order valence-corrected chi connectivity index (χ4v) is 1.85. The molecule has 0 fully saturated rings. The SMILES string of the molecule is O=CCc1cc(Cl)ccc1Oc1ccc(Cl)cc1. The molecule has 0 aromatic heterocycles. The third-order valence-corrected chi connectivity index (χ3v) is 2.85. The molecule has 2 nitrogen and oxygen atoms in total. The molecule has 0 spiro atoms. The van der Waals surface area contributed by atoms with E-state index in [1.807, 2.05) is 0 Å². The number of hydrogen-bond acceptors (Lipinski definition) is 2. The molecular weight excluding hydrogens is 271 g/mol. The fraction of sp³-hybridized carbons (Fsp3) is 0.0714. The van der Waals surface area contributed by atoms with Crippen molar-refractivity contribution in [3.63, 3.8) is 0 Å². The van der Waals surface area contributed by atoms with E-state index in [0.29, 0.717) is 21.5 Å². The van der Waals surface area contributed by atoms with Gasteiger partial charge in [0.05, 0.1) is 0 Å². The molecule has 0 N–H and O–H groups in total. The average Bonchev–Trinajstić information content (AvgIpc) is 2.36. The first kappa shape index (κ1) is 12.9. The molecule has 0 unspecified atom stereocenters. The van der Waals surface area contributed by atoms with Crippen LogP contribution in [0, 0.1) is 0 Å². The highest BCUT2D eigenvalue weighted by Gasteiger charge is 2.05. The van der Waals surface area contributed by atoms with Crippen LogP contribution in [0.15, 0.2) is 42.5 Å². The van der Waals surface area contributed by atoms with Crippen LogP contribution in [0.25, 0.3) is 0 Å². The first-order chi connectivity index (χ1) is 8.69. The molecule has 2 rings (SSSR count). The van der Waals surface area contributed by atoms with Crippen molar-refractivity contribution in [3.05, 3.63) is 58.1 Å². The van der Waals surface area contributed by atoms with Crippen LogP contribution in [0.2, 0.25) is 10.0 Å². The number of rotatable bonds is 4. The van der Waals surface area contributed by atoms with Crippen molar-refractivity contribution in [1.29, 1.82) is 0 Å². The number of aldehydes is 1. The van der Waals surface area contributed by atoms with Gasteiger partial charge in [-0.05, 0) is 42.5 Å². The third kappa shape index (κ3) is 3.25. The van der Waals surface area contributed by atoms with Crippen molar-refractivity contribution in [2.45, 2.75) is 6.42 Å². The van der Waals surface area contributed by atoms with Crippen LogP contribution in [-0.2, 0) is 11.2 Å². The lowest BCUT2D eigenvalue weighted by atomic mass is 10.1. The normalized spacial score (nSPS) is 10.1. The van der Waals surface area contributed by atoms with Gasteiger partial charge in [0.2, 0.25) is 0 Å². The van der Waals surface area contributed by atoms with Gasteiger partial charge in [-0.1, -0.05) is 23.2 Å². The number of ether oxygens (including phenoxy) is 1. The highest BCUT2D eigenvalue weighted by molar-refractivity contribution is 6.30. The summed E-state index contributed by atoms with van der Waals surface area (Å²) in [6.45, 7) is 0. The summed E-state index contributed by atoms with van der Waals surface area (Å²) in [5.41, 5.74) is 0.757. The van der Waals surface area contributed by atoms with Crippen molar-refractivity contribution in [2.24, 2.45) is 0 Å². The minimum absolute atomic E-state index is 0.267. The van der Waals surface area contributed by atoms with Crippen molar-refractivity contribution < 1.29 is 9.53 Å². The first-order valence-electron chi connectivity index (χ1n) is 5.34. The maximum Gasteiger partial charge on any atom is 0.131 e. The number of carbonyl (C=O) groups excluding carboxylic acids is 1. The van der Waals surface area contributed by atoms with Gasteiger partial charge in [0.25, 0.3) is 0 Å². The van der Waals surface area contributed by atoms with Crippen molar-refractivity contribution in [2.75, 3.05) is 0 Å². The molecule has 92 valence electrons. The Kier molecular flexibility index (Phi) is 4.24. The summed E-state index contributed by atoms with van der Waals surface area (Å²) in [6.07, 6.45) is 1.09. The number of carbonyl (C=O) groups is 1. The van der Waals surface area contributed by atoms with Gasteiger partial charge in [0.1, 0.15) is 17.8 Å². The Hall–Kier alpha value is -1.51. The van der Waals surface area contributed by atoms with E-state index >= 15 is 0 Å². The second-order valence-electron chi connectivity index (χ2n) is 3.68. The van der Waals surface area contributed by atoms with E-state index in [9.17, 15) is 4.79 Å². The summed E-state index contributed by atoms with van der Waals surface area (Å²) in [6, 6.07) is 12.2. The minimum Gasteiger partial charge on any atom is -0.457 e. The zero-order valence-electron chi connectivity index (χ0n) is 9.40. The predicted octanol–water partition coefficient (Wildman–Crippen LogP) is 4.53.